The van der Waals surface area contributed by atoms with Gasteiger partial charge in [0.15, 0.2) is 0 Å². The van der Waals surface area contributed by atoms with Crippen molar-refractivity contribution in [3.63, 3.8) is 0 Å². The van der Waals surface area contributed by atoms with Gasteiger partial charge in [0, 0.05) is 10.4 Å². The summed E-state index contributed by atoms with van der Waals surface area (Å²) in [5.41, 5.74) is 0. The van der Waals surface area contributed by atoms with Crippen LogP contribution in [0.5, 0.6) is 0 Å². The highest BCUT2D eigenvalue weighted by Gasteiger charge is 2.54. The van der Waals surface area contributed by atoms with Crippen LogP contribution in [0.4, 0.5) is 0 Å². The van der Waals surface area contributed by atoms with Crippen molar-refractivity contribution in [3.8, 4) is 0 Å². The molecule has 102 valence electrons. The Morgan fingerprint density at radius 3 is 2.35 bits per heavy atom. The lowest BCUT2D eigenvalue weighted by atomic mass is 10.2. The van der Waals surface area contributed by atoms with Crippen molar-refractivity contribution in [2.24, 2.45) is 5.92 Å². The lowest BCUT2D eigenvalue weighted by Crippen LogP contribution is -2.19. The van der Waals surface area contributed by atoms with Gasteiger partial charge in [0.25, 0.3) is 0 Å². The summed E-state index contributed by atoms with van der Waals surface area (Å²) in [5, 5.41) is 0. The van der Waals surface area contributed by atoms with Crippen LogP contribution in [-0.4, -0.2) is 21.5 Å². The molecule has 0 aliphatic heterocycles. The maximum Gasteiger partial charge on any atom is 0.703 e. The molecule has 0 spiro atoms. The van der Waals surface area contributed by atoms with Crippen molar-refractivity contribution in [1.29, 1.82) is 0 Å². The normalized spacial score (nSPS) is 17.0. The van der Waals surface area contributed by atoms with E-state index in [1.807, 2.05) is 0 Å². The van der Waals surface area contributed by atoms with Crippen molar-refractivity contribution in [2.45, 2.75) is 24.3 Å². The fourth-order valence-corrected chi connectivity index (χ4v) is 5.19. The topological polar surface area (TPSA) is 72.8 Å². The van der Waals surface area contributed by atoms with Gasteiger partial charge >= 0.3 is 15.9 Å². The summed E-state index contributed by atoms with van der Waals surface area (Å²) in [4.78, 5) is 8.67. The molecule has 5 nitrogen and oxygen atoms in total. The Bertz CT molecular complexity index is 310. The second-order valence-corrected chi connectivity index (χ2v) is 9.14. The van der Waals surface area contributed by atoms with E-state index in [1.54, 1.807) is 13.8 Å². The van der Waals surface area contributed by atoms with Crippen LogP contribution >= 0.6 is 50.7 Å². The molecule has 0 saturated heterocycles. The molecule has 0 amide bonds. The summed E-state index contributed by atoms with van der Waals surface area (Å²) < 4.78 is 30.2. The highest BCUT2D eigenvalue weighted by molar-refractivity contribution is 7.65. The van der Waals surface area contributed by atoms with Gasteiger partial charge in [-0.3, -0.25) is 4.57 Å². The highest BCUT2D eigenvalue weighted by Crippen LogP contribution is 2.69. The van der Waals surface area contributed by atoms with E-state index in [2.05, 4.69) is 4.31 Å². The van der Waals surface area contributed by atoms with Gasteiger partial charge in [-0.1, -0.05) is 37.0 Å². The van der Waals surface area contributed by atoms with E-state index >= 15 is 0 Å². The van der Waals surface area contributed by atoms with Crippen LogP contribution < -0.4 is 0 Å². The summed E-state index contributed by atoms with van der Waals surface area (Å²) in [7, 11) is -7.28. The van der Waals surface area contributed by atoms with Crippen LogP contribution in [-0.2, 0) is 18.0 Å². The molecule has 0 saturated carbocycles. The summed E-state index contributed by atoms with van der Waals surface area (Å²) in [5.74, 6) is 0.0271. The minimum atomic E-state index is -4.14. The molecule has 0 radical (unpaired) electrons. The molecule has 0 aliphatic carbocycles. The van der Waals surface area contributed by atoms with E-state index in [1.165, 1.54) is 0 Å². The predicted molar refractivity (Wildman–Crippen MR) is 69.1 cm³/mol. The largest absolute Gasteiger partial charge is 0.703 e. The molecule has 0 aromatic carbocycles. The van der Waals surface area contributed by atoms with Gasteiger partial charge in [-0.15, -0.1) is 16.5 Å². The Labute approximate surface area is 116 Å². The zero-order chi connectivity index (χ0) is 13.7. The Hall–Kier alpha value is 1.08. The maximum atomic E-state index is 12.2. The molecule has 10 heteroatoms. The van der Waals surface area contributed by atoms with Crippen LogP contribution in [0.25, 0.3) is 0 Å². The molecule has 0 aliphatic rings. The van der Waals surface area contributed by atoms with Gasteiger partial charge in [-0.25, -0.2) is 0 Å². The molecule has 2 unspecified atom stereocenters. The Morgan fingerprint density at radius 1 is 1.47 bits per heavy atom. The summed E-state index contributed by atoms with van der Waals surface area (Å²) in [6.07, 6.45) is 0.0822. The average Bonchev–Trinajstić information content (AvgIpc) is 2.11. The molecular formula is C7H14Cl3O5P2+. The molecule has 0 fully saturated rings. The number of hydrogen-bond acceptors (Lipinski definition) is 4. The fourth-order valence-electron chi connectivity index (χ4n) is 1.03. The molecule has 0 rings (SSSR count). The first-order chi connectivity index (χ1) is 7.64. The van der Waals surface area contributed by atoms with E-state index in [0.717, 1.165) is 0 Å². The first-order valence-electron chi connectivity index (χ1n) is 4.69. The Balaban J connectivity index is 5.00. The van der Waals surface area contributed by atoms with E-state index in [0.29, 0.717) is 0 Å². The predicted octanol–water partition coefficient (Wildman–Crippen LogP) is 4.28. The number of alkyl halides is 3. The van der Waals surface area contributed by atoms with Gasteiger partial charge in [0.05, 0.1) is 6.61 Å². The monoisotopic (exact) mass is 345 g/mol. The van der Waals surface area contributed by atoms with Crippen LogP contribution in [0.2, 0.25) is 0 Å². The molecule has 0 heterocycles. The zero-order valence-electron chi connectivity index (χ0n) is 9.31. The summed E-state index contributed by atoms with van der Waals surface area (Å²) >= 11 is 17.2. The Kier molecular flexibility index (Phi) is 8.10. The van der Waals surface area contributed by atoms with Gasteiger partial charge in [0.1, 0.15) is 0 Å². The van der Waals surface area contributed by atoms with Crippen molar-refractivity contribution >= 4 is 50.7 Å². The lowest BCUT2D eigenvalue weighted by Gasteiger charge is -2.25. The smallest absolute Gasteiger partial charge is 0.303 e. The third kappa shape index (κ3) is 6.17. The summed E-state index contributed by atoms with van der Waals surface area (Å²) in [6, 6.07) is 0. The van der Waals surface area contributed by atoms with Gasteiger partial charge in [-0.2, -0.15) is 0 Å². The maximum absolute atomic E-state index is 12.2. The first kappa shape index (κ1) is 18.1. The van der Waals surface area contributed by atoms with Gasteiger partial charge < -0.3 is 4.52 Å². The SMILES string of the molecule is CC(C)CC(Cl)(Cl)P(=O)(OCCCl)O[P+](=O)O. The first-order valence-corrected chi connectivity index (χ1v) is 8.65. The average molecular weight is 346 g/mol. The van der Waals surface area contributed by atoms with Crippen LogP contribution in [0, 0.1) is 5.92 Å². The number of rotatable bonds is 8. The second kappa shape index (κ2) is 7.62. The molecule has 0 aromatic heterocycles. The molecule has 17 heavy (non-hydrogen) atoms. The van der Waals surface area contributed by atoms with Gasteiger partial charge in [0.2, 0.25) is 4.07 Å². The number of halogens is 3. The highest BCUT2D eigenvalue weighted by atomic mass is 35.5. The Morgan fingerprint density at radius 2 is 2.00 bits per heavy atom. The van der Waals surface area contributed by atoms with Crippen LogP contribution in [0.3, 0.4) is 0 Å². The third-order valence-corrected chi connectivity index (χ3v) is 6.20. The molecule has 0 bridgehead atoms. The fraction of sp³-hybridized carbons (Fsp3) is 1.00. The second-order valence-electron chi connectivity index (χ2n) is 3.60. The molecule has 2 atom stereocenters. The molecular weight excluding hydrogens is 332 g/mol. The van der Waals surface area contributed by atoms with E-state index < -0.39 is 19.9 Å². The number of hydrogen-bond donors (Lipinski definition) is 1. The van der Waals surface area contributed by atoms with Crippen molar-refractivity contribution < 1.29 is 22.9 Å². The van der Waals surface area contributed by atoms with E-state index in [-0.39, 0.29) is 24.8 Å². The zero-order valence-corrected chi connectivity index (χ0v) is 13.4. The van der Waals surface area contributed by atoms with E-state index in [9.17, 15) is 9.13 Å². The summed E-state index contributed by atoms with van der Waals surface area (Å²) in [6.45, 7) is 3.44. The quantitative estimate of drug-likeness (QED) is 0.524. The standard InChI is InChI=1S/C7H13Cl3O5P2/c1-6(2)5-7(9,10)17(13,14-4-3-8)15-16(11)12/h6H,3-5H2,1-2H3/p+1. The van der Waals surface area contributed by atoms with Crippen molar-refractivity contribution in [3.05, 3.63) is 0 Å². The van der Waals surface area contributed by atoms with Gasteiger partial charge in [-0.05, 0) is 16.6 Å². The minimum Gasteiger partial charge on any atom is -0.303 e. The molecule has 1 N–H and O–H groups in total. The van der Waals surface area contributed by atoms with E-state index in [4.69, 9.17) is 44.2 Å². The minimum absolute atomic E-state index is 0.00176. The van der Waals surface area contributed by atoms with Crippen molar-refractivity contribution in [1.82, 2.24) is 0 Å². The van der Waals surface area contributed by atoms with Crippen LogP contribution in [0.15, 0.2) is 0 Å². The van der Waals surface area contributed by atoms with Crippen molar-refractivity contribution in [2.75, 3.05) is 12.5 Å². The third-order valence-electron chi connectivity index (χ3n) is 1.57. The molecule has 0 aromatic rings. The van der Waals surface area contributed by atoms with Crippen LogP contribution in [0.1, 0.15) is 20.3 Å². The lowest BCUT2D eigenvalue weighted by molar-refractivity contribution is 0.264.